The summed E-state index contributed by atoms with van der Waals surface area (Å²) in [6.45, 7) is 5.36. The smallest absolute Gasteiger partial charge is 0.307 e. The van der Waals surface area contributed by atoms with Crippen LogP contribution in [0.4, 0.5) is 0 Å². The van der Waals surface area contributed by atoms with Gasteiger partial charge in [0.05, 0.1) is 12.3 Å². The minimum Gasteiger partial charge on any atom is -0.481 e. The minimum atomic E-state index is -0.872. The van der Waals surface area contributed by atoms with Crippen LogP contribution < -0.4 is 0 Å². The number of hydrogen-bond donors (Lipinski definition) is 1. The molecule has 1 fully saturated rings. The monoisotopic (exact) mass is 242 g/mol. The van der Waals surface area contributed by atoms with Crippen LogP contribution in [0.1, 0.15) is 52.9 Å². The van der Waals surface area contributed by atoms with Gasteiger partial charge >= 0.3 is 11.9 Å². The summed E-state index contributed by atoms with van der Waals surface area (Å²) in [6, 6.07) is 0. The Balaban J connectivity index is 2.55. The average Bonchev–Trinajstić information content (AvgIpc) is 2.63. The molecule has 0 amide bonds. The van der Waals surface area contributed by atoms with E-state index in [9.17, 15) is 14.7 Å². The average molecular weight is 242 g/mol. The van der Waals surface area contributed by atoms with Gasteiger partial charge in [-0.25, -0.2) is 0 Å². The summed E-state index contributed by atoms with van der Waals surface area (Å²) in [7, 11) is 0. The quantitative estimate of drug-likeness (QED) is 0.770. The van der Waals surface area contributed by atoms with Gasteiger partial charge in [-0.1, -0.05) is 12.8 Å². The molecule has 1 atom stereocenters. The van der Waals surface area contributed by atoms with E-state index >= 15 is 0 Å². The van der Waals surface area contributed by atoms with Crippen molar-refractivity contribution in [3.05, 3.63) is 0 Å². The van der Waals surface area contributed by atoms with Gasteiger partial charge in [0.1, 0.15) is 5.60 Å². The lowest BCUT2D eigenvalue weighted by molar-refractivity contribution is -0.161. The molecule has 1 aliphatic carbocycles. The molecular weight excluding hydrogens is 220 g/mol. The third-order valence-electron chi connectivity index (χ3n) is 3.09. The third kappa shape index (κ3) is 4.75. The third-order valence-corrected chi connectivity index (χ3v) is 3.09. The SMILES string of the molecule is CC(C)(C)OC(=O)C[C@@H](C(=O)O)C1CCCC1. The van der Waals surface area contributed by atoms with Crippen LogP contribution in [0.15, 0.2) is 0 Å². The number of carboxylic acids is 1. The van der Waals surface area contributed by atoms with Crippen molar-refractivity contribution in [2.24, 2.45) is 11.8 Å². The summed E-state index contributed by atoms with van der Waals surface area (Å²) < 4.78 is 5.18. The lowest BCUT2D eigenvalue weighted by Gasteiger charge is -2.23. The Kier molecular flexibility index (Phi) is 4.54. The number of rotatable bonds is 4. The zero-order valence-corrected chi connectivity index (χ0v) is 10.9. The van der Waals surface area contributed by atoms with E-state index in [-0.39, 0.29) is 12.3 Å². The fraction of sp³-hybridized carbons (Fsp3) is 0.846. The van der Waals surface area contributed by atoms with Crippen LogP contribution in [0.25, 0.3) is 0 Å². The molecule has 0 spiro atoms. The first-order valence-corrected chi connectivity index (χ1v) is 6.24. The topological polar surface area (TPSA) is 63.6 Å². The van der Waals surface area contributed by atoms with Gasteiger partial charge in [0.25, 0.3) is 0 Å². The Bertz CT molecular complexity index is 284. The number of hydrogen-bond acceptors (Lipinski definition) is 3. The van der Waals surface area contributed by atoms with Crippen LogP contribution in [0.3, 0.4) is 0 Å². The number of esters is 1. The molecule has 0 heterocycles. The molecule has 1 rings (SSSR count). The Morgan fingerprint density at radius 2 is 1.82 bits per heavy atom. The lowest BCUT2D eigenvalue weighted by Crippen LogP contribution is -2.30. The van der Waals surface area contributed by atoms with Gasteiger partial charge in [0, 0.05) is 0 Å². The largest absolute Gasteiger partial charge is 0.481 e. The molecule has 17 heavy (non-hydrogen) atoms. The van der Waals surface area contributed by atoms with E-state index in [0.29, 0.717) is 0 Å². The zero-order chi connectivity index (χ0) is 13.1. The molecule has 0 unspecified atom stereocenters. The first-order chi connectivity index (χ1) is 7.79. The van der Waals surface area contributed by atoms with E-state index < -0.39 is 23.5 Å². The number of ether oxygens (including phenoxy) is 1. The number of carboxylic acid groups (broad SMARTS) is 1. The Morgan fingerprint density at radius 1 is 1.29 bits per heavy atom. The Hall–Kier alpha value is -1.06. The molecular formula is C13H22O4. The Morgan fingerprint density at radius 3 is 2.24 bits per heavy atom. The second kappa shape index (κ2) is 5.52. The van der Waals surface area contributed by atoms with Crippen molar-refractivity contribution in [3.8, 4) is 0 Å². The summed E-state index contributed by atoms with van der Waals surface area (Å²) >= 11 is 0. The van der Waals surface area contributed by atoms with Crippen LogP contribution in [0, 0.1) is 11.8 Å². The van der Waals surface area contributed by atoms with E-state index in [4.69, 9.17) is 4.74 Å². The highest BCUT2D eigenvalue weighted by atomic mass is 16.6. The number of carbonyl (C=O) groups excluding carboxylic acids is 1. The molecule has 0 bridgehead atoms. The van der Waals surface area contributed by atoms with E-state index in [1.165, 1.54) is 0 Å². The van der Waals surface area contributed by atoms with Crippen LogP contribution >= 0.6 is 0 Å². The summed E-state index contributed by atoms with van der Waals surface area (Å²) in [6.07, 6.45) is 3.97. The molecule has 0 aromatic heterocycles. The van der Waals surface area contributed by atoms with Gasteiger partial charge in [0.15, 0.2) is 0 Å². The standard InChI is InChI=1S/C13H22O4/c1-13(2,3)17-11(14)8-10(12(15)16)9-6-4-5-7-9/h9-10H,4-8H2,1-3H3,(H,15,16)/t10-/m1/s1. The van der Waals surface area contributed by atoms with E-state index in [1.807, 2.05) is 0 Å². The molecule has 0 radical (unpaired) electrons. The highest BCUT2D eigenvalue weighted by Gasteiger charge is 2.33. The van der Waals surface area contributed by atoms with Gasteiger partial charge in [0.2, 0.25) is 0 Å². The van der Waals surface area contributed by atoms with Gasteiger partial charge in [-0.05, 0) is 39.5 Å². The zero-order valence-electron chi connectivity index (χ0n) is 10.9. The minimum absolute atomic E-state index is 0.00271. The summed E-state index contributed by atoms with van der Waals surface area (Å²) in [4.78, 5) is 22.8. The molecule has 0 aromatic rings. The highest BCUT2D eigenvalue weighted by Crippen LogP contribution is 2.33. The van der Waals surface area contributed by atoms with Crippen LogP contribution in [0.5, 0.6) is 0 Å². The predicted molar refractivity (Wildman–Crippen MR) is 63.5 cm³/mol. The van der Waals surface area contributed by atoms with Gasteiger partial charge in [-0.15, -0.1) is 0 Å². The molecule has 1 aliphatic rings. The van der Waals surface area contributed by atoms with Gasteiger partial charge < -0.3 is 9.84 Å². The van der Waals surface area contributed by atoms with E-state index in [2.05, 4.69) is 0 Å². The van der Waals surface area contributed by atoms with Crippen molar-refractivity contribution in [2.45, 2.75) is 58.5 Å². The van der Waals surface area contributed by atoms with Crippen molar-refractivity contribution in [1.82, 2.24) is 0 Å². The van der Waals surface area contributed by atoms with Crippen molar-refractivity contribution >= 4 is 11.9 Å². The van der Waals surface area contributed by atoms with Crippen molar-refractivity contribution in [3.63, 3.8) is 0 Å². The van der Waals surface area contributed by atoms with E-state index in [1.54, 1.807) is 20.8 Å². The molecule has 4 heteroatoms. The van der Waals surface area contributed by atoms with Gasteiger partial charge in [-0.2, -0.15) is 0 Å². The van der Waals surface area contributed by atoms with Crippen molar-refractivity contribution in [2.75, 3.05) is 0 Å². The van der Waals surface area contributed by atoms with Crippen LogP contribution in [0.2, 0.25) is 0 Å². The van der Waals surface area contributed by atoms with Gasteiger partial charge in [-0.3, -0.25) is 9.59 Å². The molecule has 1 saturated carbocycles. The number of aliphatic carboxylic acids is 1. The van der Waals surface area contributed by atoms with Crippen LogP contribution in [-0.4, -0.2) is 22.6 Å². The highest BCUT2D eigenvalue weighted by molar-refractivity contribution is 5.79. The molecule has 0 aromatic carbocycles. The second-order valence-electron chi connectivity index (χ2n) is 5.78. The van der Waals surface area contributed by atoms with E-state index in [0.717, 1.165) is 25.7 Å². The molecule has 98 valence electrons. The molecule has 0 saturated heterocycles. The first kappa shape index (κ1) is 14.0. The van der Waals surface area contributed by atoms with Crippen LogP contribution in [-0.2, 0) is 14.3 Å². The fourth-order valence-electron chi connectivity index (χ4n) is 2.38. The summed E-state index contributed by atoms with van der Waals surface area (Å²) in [5.74, 6) is -1.72. The summed E-state index contributed by atoms with van der Waals surface area (Å²) in [5.41, 5.74) is -0.546. The maximum absolute atomic E-state index is 11.6. The Labute approximate surface area is 102 Å². The van der Waals surface area contributed by atoms with Crippen molar-refractivity contribution < 1.29 is 19.4 Å². The second-order valence-corrected chi connectivity index (χ2v) is 5.78. The predicted octanol–water partition coefficient (Wildman–Crippen LogP) is 2.61. The fourth-order valence-corrected chi connectivity index (χ4v) is 2.38. The maximum Gasteiger partial charge on any atom is 0.307 e. The molecule has 4 nitrogen and oxygen atoms in total. The first-order valence-electron chi connectivity index (χ1n) is 6.24. The summed E-state index contributed by atoms with van der Waals surface area (Å²) in [5, 5.41) is 9.17. The van der Waals surface area contributed by atoms with Crippen molar-refractivity contribution in [1.29, 1.82) is 0 Å². The normalized spacial score (nSPS) is 19.0. The maximum atomic E-state index is 11.6. The molecule has 1 N–H and O–H groups in total. The number of carbonyl (C=O) groups is 2. The molecule has 0 aliphatic heterocycles. The lowest BCUT2D eigenvalue weighted by atomic mass is 9.88.